The number of halogens is 1. The largest absolute Gasteiger partial charge is 0.480 e. The lowest BCUT2D eigenvalue weighted by Crippen LogP contribution is -2.35. The fourth-order valence-corrected chi connectivity index (χ4v) is 2.73. The van der Waals surface area contributed by atoms with Gasteiger partial charge in [-0.25, -0.2) is 5.01 Å². The minimum absolute atomic E-state index is 0.0208. The second-order valence-electron chi connectivity index (χ2n) is 5.15. The molecule has 0 atom stereocenters. The van der Waals surface area contributed by atoms with Crippen LogP contribution in [0, 0.1) is 12.3 Å². The smallest absolute Gasteiger partial charge is 0.282 e. The second kappa shape index (κ2) is 7.24. The van der Waals surface area contributed by atoms with E-state index in [9.17, 15) is 9.59 Å². The zero-order valence-corrected chi connectivity index (χ0v) is 14.6. The molecule has 124 valence electrons. The third-order valence-electron chi connectivity index (χ3n) is 3.49. The van der Waals surface area contributed by atoms with Crippen LogP contribution in [0.1, 0.15) is 5.56 Å². The van der Waals surface area contributed by atoms with Gasteiger partial charge in [0.05, 0.1) is 5.69 Å². The molecule has 1 saturated heterocycles. The fraction of sp³-hybridized carbons (Fsp3) is 0.0526. The van der Waals surface area contributed by atoms with Gasteiger partial charge in [0, 0.05) is 10.0 Å². The van der Waals surface area contributed by atoms with E-state index in [4.69, 9.17) is 11.2 Å². The highest BCUT2D eigenvalue weighted by Crippen LogP contribution is 2.28. The first kappa shape index (κ1) is 16.8. The van der Waals surface area contributed by atoms with E-state index in [1.807, 2.05) is 6.07 Å². The topological polar surface area (TPSA) is 58.6 Å². The van der Waals surface area contributed by atoms with Gasteiger partial charge >= 0.3 is 0 Å². The van der Waals surface area contributed by atoms with Crippen LogP contribution < -0.4 is 15.2 Å². The average molecular weight is 397 g/mol. The van der Waals surface area contributed by atoms with Gasteiger partial charge in [0.15, 0.2) is 0 Å². The first-order valence-electron chi connectivity index (χ1n) is 7.38. The van der Waals surface area contributed by atoms with Crippen molar-refractivity contribution in [3.05, 3.63) is 64.1 Å². The molecular formula is C19H13BrN2O3. The number of rotatable bonds is 4. The number of nitrogens with one attached hydrogen (secondary N) is 1. The average Bonchev–Trinajstić information content (AvgIpc) is 2.90. The minimum Gasteiger partial charge on any atom is -0.480 e. The normalized spacial score (nSPS) is 15.2. The lowest BCUT2D eigenvalue weighted by Gasteiger charge is -2.14. The Balaban J connectivity index is 1.96. The highest BCUT2D eigenvalue weighted by atomic mass is 79.9. The van der Waals surface area contributed by atoms with Crippen LogP contribution in [0.2, 0.25) is 0 Å². The van der Waals surface area contributed by atoms with Crippen molar-refractivity contribution >= 4 is 39.5 Å². The first-order chi connectivity index (χ1) is 12.1. The molecular weight excluding hydrogens is 384 g/mol. The third kappa shape index (κ3) is 3.57. The number of hydrogen-bond donors (Lipinski definition) is 1. The number of amides is 2. The zero-order valence-electron chi connectivity index (χ0n) is 13.0. The molecule has 5 nitrogen and oxygen atoms in total. The molecule has 2 amide bonds. The molecule has 0 aromatic heterocycles. The quantitative estimate of drug-likeness (QED) is 0.491. The molecule has 1 N–H and O–H groups in total. The molecule has 1 fully saturated rings. The summed E-state index contributed by atoms with van der Waals surface area (Å²) < 4.78 is 6.27. The zero-order chi connectivity index (χ0) is 17.8. The fourth-order valence-electron chi connectivity index (χ4n) is 2.35. The maximum absolute atomic E-state index is 12.6. The number of hydrazine groups is 1. The van der Waals surface area contributed by atoms with Crippen LogP contribution in [0.25, 0.3) is 6.08 Å². The van der Waals surface area contributed by atoms with Gasteiger partial charge in [0.25, 0.3) is 11.8 Å². The highest BCUT2D eigenvalue weighted by molar-refractivity contribution is 9.10. The predicted molar refractivity (Wildman–Crippen MR) is 98.5 cm³/mol. The second-order valence-corrected chi connectivity index (χ2v) is 6.07. The van der Waals surface area contributed by atoms with E-state index in [1.165, 1.54) is 11.1 Å². The lowest BCUT2D eigenvalue weighted by atomic mass is 10.1. The SMILES string of the molecule is C#CCOc1ccc(Br)cc1C=C1C(=O)NN(c2ccccc2)C1=O. The number of ether oxygens (including phenoxy) is 1. The van der Waals surface area contributed by atoms with E-state index in [1.54, 1.807) is 42.5 Å². The molecule has 25 heavy (non-hydrogen) atoms. The van der Waals surface area contributed by atoms with Crippen molar-refractivity contribution in [3.63, 3.8) is 0 Å². The summed E-state index contributed by atoms with van der Waals surface area (Å²) in [6.45, 7) is 0.0914. The molecule has 0 saturated carbocycles. The minimum atomic E-state index is -0.475. The van der Waals surface area contributed by atoms with Crippen LogP contribution in [-0.4, -0.2) is 18.4 Å². The number of carbonyl (C=O) groups is 2. The van der Waals surface area contributed by atoms with Crippen molar-refractivity contribution < 1.29 is 14.3 Å². The maximum atomic E-state index is 12.6. The van der Waals surface area contributed by atoms with E-state index < -0.39 is 11.8 Å². The van der Waals surface area contributed by atoms with Crippen LogP contribution >= 0.6 is 15.9 Å². The van der Waals surface area contributed by atoms with E-state index in [2.05, 4.69) is 27.3 Å². The molecule has 1 aliphatic heterocycles. The van der Waals surface area contributed by atoms with Crippen molar-refractivity contribution in [1.82, 2.24) is 5.43 Å². The van der Waals surface area contributed by atoms with E-state index in [-0.39, 0.29) is 12.2 Å². The summed E-state index contributed by atoms with van der Waals surface area (Å²) >= 11 is 3.37. The maximum Gasteiger partial charge on any atom is 0.282 e. The number of carbonyl (C=O) groups excluding carboxylic acids is 2. The van der Waals surface area contributed by atoms with Crippen LogP contribution in [0.3, 0.4) is 0 Å². The highest BCUT2D eigenvalue weighted by Gasteiger charge is 2.34. The Morgan fingerprint density at radius 3 is 2.68 bits per heavy atom. The van der Waals surface area contributed by atoms with Crippen LogP contribution in [0.4, 0.5) is 5.69 Å². The number of anilines is 1. The number of hydrogen-bond acceptors (Lipinski definition) is 3. The van der Waals surface area contributed by atoms with E-state index in [0.29, 0.717) is 17.0 Å². The molecule has 0 aliphatic carbocycles. The Labute approximate surface area is 153 Å². The standard InChI is InChI=1S/C19H13BrN2O3/c1-2-10-25-17-9-8-14(20)11-13(17)12-16-18(23)21-22(19(16)24)15-6-4-3-5-7-15/h1,3-9,11-12H,10H2,(H,21,23). The molecule has 3 rings (SSSR count). The van der Waals surface area contributed by atoms with E-state index in [0.717, 1.165) is 4.47 Å². The molecule has 0 spiro atoms. The van der Waals surface area contributed by atoms with Crippen LogP contribution in [0.15, 0.2) is 58.6 Å². The Hall–Kier alpha value is -3.04. The van der Waals surface area contributed by atoms with Gasteiger partial charge in [-0.15, -0.1) is 6.42 Å². The van der Waals surface area contributed by atoms with Gasteiger partial charge in [0.2, 0.25) is 0 Å². The summed E-state index contributed by atoms with van der Waals surface area (Å²) in [5.74, 6) is 1.97. The van der Waals surface area contributed by atoms with Crippen molar-refractivity contribution in [3.8, 4) is 18.1 Å². The molecule has 0 unspecified atom stereocenters. The molecule has 0 bridgehead atoms. The van der Waals surface area contributed by atoms with Gasteiger partial charge in [0.1, 0.15) is 17.9 Å². The molecule has 2 aromatic rings. The van der Waals surface area contributed by atoms with Crippen molar-refractivity contribution in [2.75, 3.05) is 11.6 Å². The Morgan fingerprint density at radius 2 is 1.96 bits per heavy atom. The predicted octanol–water partition coefficient (Wildman–Crippen LogP) is 2.92. The molecule has 1 heterocycles. The van der Waals surface area contributed by atoms with Gasteiger partial charge in [-0.1, -0.05) is 40.0 Å². The molecule has 6 heteroatoms. The molecule has 1 aliphatic rings. The number of nitrogens with zero attached hydrogens (tertiary/aromatic N) is 1. The van der Waals surface area contributed by atoms with Crippen LogP contribution in [0.5, 0.6) is 5.75 Å². The monoisotopic (exact) mass is 396 g/mol. The number of para-hydroxylation sites is 1. The number of terminal acetylenes is 1. The van der Waals surface area contributed by atoms with Crippen molar-refractivity contribution in [1.29, 1.82) is 0 Å². The summed E-state index contributed by atoms with van der Waals surface area (Å²) in [6, 6.07) is 14.2. The summed E-state index contributed by atoms with van der Waals surface area (Å²) in [5.41, 5.74) is 3.75. The van der Waals surface area contributed by atoms with Gasteiger partial charge in [-0.3, -0.25) is 15.0 Å². The van der Waals surface area contributed by atoms with Gasteiger partial charge in [-0.2, -0.15) is 0 Å². The Bertz CT molecular complexity index is 901. The van der Waals surface area contributed by atoms with Gasteiger partial charge < -0.3 is 4.74 Å². The summed E-state index contributed by atoms with van der Waals surface area (Å²) in [6.07, 6.45) is 6.72. The lowest BCUT2D eigenvalue weighted by molar-refractivity contribution is -0.117. The third-order valence-corrected chi connectivity index (χ3v) is 3.98. The summed E-state index contributed by atoms with van der Waals surface area (Å²) in [5, 5.41) is 1.22. The first-order valence-corrected chi connectivity index (χ1v) is 8.17. The summed E-state index contributed by atoms with van der Waals surface area (Å²) in [7, 11) is 0. The Kier molecular flexibility index (Phi) is 4.87. The molecule has 2 aromatic carbocycles. The van der Waals surface area contributed by atoms with Crippen molar-refractivity contribution in [2.24, 2.45) is 0 Å². The van der Waals surface area contributed by atoms with Crippen molar-refractivity contribution in [2.45, 2.75) is 0 Å². The van der Waals surface area contributed by atoms with E-state index >= 15 is 0 Å². The Morgan fingerprint density at radius 1 is 1.20 bits per heavy atom. The summed E-state index contributed by atoms with van der Waals surface area (Å²) in [4.78, 5) is 24.9. The van der Waals surface area contributed by atoms with Gasteiger partial charge in [-0.05, 0) is 36.4 Å². The van der Waals surface area contributed by atoms with Crippen LogP contribution in [-0.2, 0) is 9.59 Å². The molecule has 0 radical (unpaired) electrons. The number of benzene rings is 2.